The highest BCUT2D eigenvalue weighted by molar-refractivity contribution is 7.12. The fourth-order valence-electron chi connectivity index (χ4n) is 1.63. The van der Waals surface area contributed by atoms with Crippen LogP contribution in [0.15, 0.2) is 6.07 Å². The molecule has 0 radical (unpaired) electrons. The van der Waals surface area contributed by atoms with Crippen molar-refractivity contribution in [3.8, 4) is 0 Å². The fourth-order valence-corrected chi connectivity index (χ4v) is 2.70. The molecule has 1 aromatic rings. The van der Waals surface area contributed by atoms with E-state index >= 15 is 0 Å². The van der Waals surface area contributed by atoms with Crippen molar-refractivity contribution in [3.05, 3.63) is 21.4 Å². The van der Waals surface area contributed by atoms with Crippen molar-refractivity contribution in [2.45, 2.75) is 19.4 Å². The largest absolute Gasteiger partial charge is 0.372 e. The molecular weight excluding hydrogens is 170 g/mol. The Balaban J connectivity index is 2.36. The molecule has 2 rings (SSSR count). The SMILES string of the molecule is Cc1cc2c(s1)CCO[C@H]2CN. The van der Waals surface area contributed by atoms with E-state index in [1.165, 1.54) is 15.3 Å². The number of hydrogen-bond donors (Lipinski definition) is 1. The third kappa shape index (κ3) is 1.28. The summed E-state index contributed by atoms with van der Waals surface area (Å²) in [5.74, 6) is 0. The minimum atomic E-state index is 0.152. The van der Waals surface area contributed by atoms with Crippen LogP contribution >= 0.6 is 11.3 Å². The van der Waals surface area contributed by atoms with Crippen LogP contribution in [0.25, 0.3) is 0 Å². The minimum absolute atomic E-state index is 0.152. The molecule has 0 aromatic carbocycles. The molecular formula is C9H13NOS. The van der Waals surface area contributed by atoms with Crippen molar-refractivity contribution in [2.75, 3.05) is 13.2 Å². The van der Waals surface area contributed by atoms with Crippen molar-refractivity contribution in [3.63, 3.8) is 0 Å². The number of thiophene rings is 1. The van der Waals surface area contributed by atoms with Gasteiger partial charge in [0.25, 0.3) is 0 Å². The highest BCUT2D eigenvalue weighted by atomic mass is 32.1. The standard InChI is InChI=1S/C9H13NOS/c1-6-4-7-8(5-10)11-3-2-9(7)12-6/h4,8H,2-3,5,10H2,1H3/t8-/m0/s1. The molecule has 2 heterocycles. The Morgan fingerprint density at radius 2 is 2.58 bits per heavy atom. The molecule has 0 spiro atoms. The van der Waals surface area contributed by atoms with E-state index < -0.39 is 0 Å². The summed E-state index contributed by atoms with van der Waals surface area (Å²) in [6, 6.07) is 2.21. The van der Waals surface area contributed by atoms with Crippen LogP contribution in [0.4, 0.5) is 0 Å². The molecule has 1 aliphatic heterocycles. The first kappa shape index (κ1) is 8.23. The zero-order valence-corrected chi connectivity index (χ0v) is 7.99. The normalized spacial score (nSPS) is 22.3. The van der Waals surface area contributed by atoms with Gasteiger partial charge in [0.05, 0.1) is 12.7 Å². The highest BCUT2D eigenvalue weighted by Crippen LogP contribution is 2.32. The van der Waals surface area contributed by atoms with Gasteiger partial charge in [-0.05, 0) is 18.6 Å². The van der Waals surface area contributed by atoms with Gasteiger partial charge in [-0.1, -0.05) is 0 Å². The van der Waals surface area contributed by atoms with Crippen LogP contribution in [-0.4, -0.2) is 13.2 Å². The predicted molar refractivity (Wildman–Crippen MR) is 50.5 cm³/mol. The van der Waals surface area contributed by atoms with Crippen LogP contribution in [0.3, 0.4) is 0 Å². The van der Waals surface area contributed by atoms with E-state index in [0.717, 1.165) is 13.0 Å². The maximum atomic E-state index is 5.61. The third-order valence-electron chi connectivity index (χ3n) is 2.17. The van der Waals surface area contributed by atoms with Crippen LogP contribution in [0.1, 0.15) is 21.4 Å². The monoisotopic (exact) mass is 183 g/mol. The van der Waals surface area contributed by atoms with E-state index in [0.29, 0.717) is 6.54 Å². The fraction of sp³-hybridized carbons (Fsp3) is 0.556. The molecule has 0 unspecified atom stereocenters. The molecule has 0 saturated heterocycles. The predicted octanol–water partition coefficient (Wildman–Crippen LogP) is 1.63. The Hall–Kier alpha value is -0.380. The summed E-state index contributed by atoms with van der Waals surface area (Å²) >= 11 is 1.87. The number of rotatable bonds is 1. The van der Waals surface area contributed by atoms with Crippen LogP contribution in [-0.2, 0) is 11.2 Å². The second-order valence-electron chi connectivity index (χ2n) is 3.08. The van der Waals surface area contributed by atoms with Gasteiger partial charge in [-0.25, -0.2) is 0 Å². The molecule has 1 atom stereocenters. The van der Waals surface area contributed by atoms with E-state index in [1.807, 2.05) is 11.3 Å². The van der Waals surface area contributed by atoms with Gasteiger partial charge in [-0.3, -0.25) is 0 Å². The lowest BCUT2D eigenvalue weighted by molar-refractivity contribution is 0.0498. The molecule has 1 aromatic heterocycles. The molecule has 0 bridgehead atoms. The van der Waals surface area contributed by atoms with Crippen molar-refractivity contribution < 1.29 is 4.74 Å². The minimum Gasteiger partial charge on any atom is -0.372 e. The van der Waals surface area contributed by atoms with Gasteiger partial charge >= 0.3 is 0 Å². The van der Waals surface area contributed by atoms with Crippen molar-refractivity contribution in [1.29, 1.82) is 0 Å². The average molecular weight is 183 g/mol. The Morgan fingerprint density at radius 1 is 1.75 bits per heavy atom. The second-order valence-corrected chi connectivity index (χ2v) is 4.42. The molecule has 2 nitrogen and oxygen atoms in total. The van der Waals surface area contributed by atoms with Gasteiger partial charge in [0.15, 0.2) is 0 Å². The van der Waals surface area contributed by atoms with Gasteiger partial charge in [-0.2, -0.15) is 0 Å². The van der Waals surface area contributed by atoms with Crippen LogP contribution in [0.2, 0.25) is 0 Å². The maximum Gasteiger partial charge on any atom is 0.0958 e. The molecule has 0 fully saturated rings. The Labute approximate surface area is 76.3 Å². The van der Waals surface area contributed by atoms with Crippen molar-refractivity contribution in [2.24, 2.45) is 5.73 Å². The molecule has 2 N–H and O–H groups in total. The first-order valence-corrected chi connectivity index (χ1v) is 5.04. The molecule has 0 aliphatic carbocycles. The number of aryl methyl sites for hydroxylation is 1. The summed E-state index contributed by atoms with van der Waals surface area (Å²) in [4.78, 5) is 2.83. The van der Waals surface area contributed by atoms with Gasteiger partial charge < -0.3 is 10.5 Å². The molecule has 0 saturated carbocycles. The van der Waals surface area contributed by atoms with E-state index in [2.05, 4.69) is 13.0 Å². The third-order valence-corrected chi connectivity index (χ3v) is 3.30. The van der Waals surface area contributed by atoms with Crippen LogP contribution in [0.5, 0.6) is 0 Å². The molecule has 12 heavy (non-hydrogen) atoms. The summed E-state index contributed by atoms with van der Waals surface area (Å²) in [5.41, 5.74) is 6.93. The molecule has 0 amide bonds. The van der Waals surface area contributed by atoms with Crippen molar-refractivity contribution in [1.82, 2.24) is 0 Å². The zero-order chi connectivity index (χ0) is 8.55. The van der Waals surface area contributed by atoms with Gasteiger partial charge in [0.2, 0.25) is 0 Å². The lowest BCUT2D eigenvalue weighted by atomic mass is 10.1. The smallest absolute Gasteiger partial charge is 0.0958 e. The lowest BCUT2D eigenvalue weighted by Crippen LogP contribution is -2.21. The average Bonchev–Trinajstić information content (AvgIpc) is 2.44. The topological polar surface area (TPSA) is 35.2 Å². The second kappa shape index (κ2) is 3.17. The van der Waals surface area contributed by atoms with E-state index in [9.17, 15) is 0 Å². The number of hydrogen-bond acceptors (Lipinski definition) is 3. The van der Waals surface area contributed by atoms with Crippen molar-refractivity contribution >= 4 is 11.3 Å². The summed E-state index contributed by atoms with van der Waals surface area (Å²) in [6.45, 7) is 3.56. The number of fused-ring (bicyclic) bond motifs is 1. The summed E-state index contributed by atoms with van der Waals surface area (Å²) < 4.78 is 5.55. The highest BCUT2D eigenvalue weighted by Gasteiger charge is 2.21. The number of ether oxygens (including phenoxy) is 1. The first-order valence-electron chi connectivity index (χ1n) is 4.22. The first-order chi connectivity index (χ1) is 5.81. The lowest BCUT2D eigenvalue weighted by Gasteiger charge is -2.21. The Bertz CT molecular complexity index is 282. The van der Waals surface area contributed by atoms with Crippen LogP contribution < -0.4 is 5.73 Å². The Kier molecular flexibility index (Phi) is 2.17. The molecule has 1 aliphatic rings. The van der Waals surface area contributed by atoms with Crippen LogP contribution in [0, 0.1) is 6.92 Å². The van der Waals surface area contributed by atoms with E-state index in [4.69, 9.17) is 10.5 Å². The summed E-state index contributed by atoms with van der Waals surface area (Å²) in [7, 11) is 0. The van der Waals surface area contributed by atoms with E-state index in [1.54, 1.807) is 0 Å². The zero-order valence-electron chi connectivity index (χ0n) is 7.17. The molecule has 3 heteroatoms. The summed E-state index contributed by atoms with van der Waals surface area (Å²) in [5, 5.41) is 0. The Morgan fingerprint density at radius 3 is 3.33 bits per heavy atom. The van der Waals surface area contributed by atoms with E-state index in [-0.39, 0.29) is 6.10 Å². The number of nitrogens with two attached hydrogens (primary N) is 1. The quantitative estimate of drug-likeness (QED) is 0.718. The van der Waals surface area contributed by atoms with Gasteiger partial charge in [0, 0.05) is 22.7 Å². The maximum absolute atomic E-state index is 5.61. The molecule has 66 valence electrons. The van der Waals surface area contributed by atoms with Gasteiger partial charge in [0.1, 0.15) is 0 Å². The van der Waals surface area contributed by atoms with Gasteiger partial charge in [-0.15, -0.1) is 11.3 Å². The summed E-state index contributed by atoms with van der Waals surface area (Å²) in [6.07, 6.45) is 1.21.